The number of carbonyl (C=O) groups excluding carboxylic acids is 1. The van der Waals surface area contributed by atoms with Crippen molar-refractivity contribution in [1.82, 2.24) is 5.32 Å². The van der Waals surface area contributed by atoms with Gasteiger partial charge in [-0.05, 0) is 46.0 Å². The summed E-state index contributed by atoms with van der Waals surface area (Å²) < 4.78 is 5.18. The summed E-state index contributed by atoms with van der Waals surface area (Å²) in [7, 11) is 0. The number of ether oxygens (including phenoxy) is 1. The first-order valence-electron chi connectivity index (χ1n) is 6.41. The molecule has 1 fully saturated rings. The highest BCUT2D eigenvalue weighted by Gasteiger charge is 2.33. The van der Waals surface area contributed by atoms with Crippen molar-refractivity contribution < 1.29 is 19.4 Å². The molecule has 1 rings (SSSR count). The summed E-state index contributed by atoms with van der Waals surface area (Å²) in [6, 6.07) is 0.0339. The van der Waals surface area contributed by atoms with Gasteiger partial charge in [-0.1, -0.05) is 6.92 Å². The van der Waals surface area contributed by atoms with Gasteiger partial charge in [0.25, 0.3) is 0 Å². The summed E-state index contributed by atoms with van der Waals surface area (Å²) in [6.45, 7) is 7.17. The molecule has 3 unspecified atom stereocenters. The largest absolute Gasteiger partial charge is 0.481 e. The normalized spacial score (nSPS) is 25.6. The van der Waals surface area contributed by atoms with E-state index in [1.807, 2.05) is 20.8 Å². The van der Waals surface area contributed by atoms with Crippen LogP contribution >= 0.6 is 0 Å². The van der Waals surface area contributed by atoms with Gasteiger partial charge < -0.3 is 15.2 Å². The molecule has 0 aromatic heterocycles. The molecule has 0 radical (unpaired) electrons. The first-order valence-corrected chi connectivity index (χ1v) is 6.41. The van der Waals surface area contributed by atoms with Crippen molar-refractivity contribution in [3.8, 4) is 0 Å². The quantitative estimate of drug-likeness (QED) is 0.814. The molecule has 1 aliphatic carbocycles. The van der Waals surface area contributed by atoms with Gasteiger partial charge in [-0.15, -0.1) is 0 Å². The van der Waals surface area contributed by atoms with E-state index >= 15 is 0 Å². The molecule has 1 aliphatic rings. The Balaban J connectivity index is 2.39. The minimum Gasteiger partial charge on any atom is -0.481 e. The van der Waals surface area contributed by atoms with E-state index in [0.29, 0.717) is 6.42 Å². The zero-order valence-corrected chi connectivity index (χ0v) is 11.5. The SMILES string of the molecule is CC(C(=O)O)C1CCC(NC(=O)OC(C)(C)C)C1. The lowest BCUT2D eigenvalue weighted by molar-refractivity contribution is -0.142. The maximum absolute atomic E-state index is 11.6. The van der Waals surface area contributed by atoms with Crippen molar-refractivity contribution in [3.63, 3.8) is 0 Å². The Morgan fingerprint density at radius 1 is 1.33 bits per heavy atom. The number of nitrogens with one attached hydrogen (secondary N) is 1. The molecule has 0 heterocycles. The first kappa shape index (κ1) is 14.8. The lowest BCUT2D eigenvalue weighted by atomic mass is 9.92. The van der Waals surface area contributed by atoms with Crippen LogP contribution in [0.3, 0.4) is 0 Å². The average Bonchev–Trinajstić information content (AvgIpc) is 2.61. The molecule has 2 N–H and O–H groups in total. The van der Waals surface area contributed by atoms with Crippen molar-refractivity contribution in [1.29, 1.82) is 0 Å². The molecule has 3 atom stereocenters. The second-order valence-corrected chi connectivity index (χ2v) is 6.04. The van der Waals surface area contributed by atoms with E-state index in [1.54, 1.807) is 6.92 Å². The fourth-order valence-electron chi connectivity index (χ4n) is 2.28. The predicted molar refractivity (Wildman–Crippen MR) is 67.3 cm³/mol. The fraction of sp³-hybridized carbons (Fsp3) is 0.846. The van der Waals surface area contributed by atoms with Crippen LogP contribution in [0, 0.1) is 11.8 Å². The van der Waals surface area contributed by atoms with Crippen molar-refractivity contribution >= 4 is 12.1 Å². The molecule has 0 spiro atoms. The van der Waals surface area contributed by atoms with Crippen LogP contribution in [0.5, 0.6) is 0 Å². The molecule has 1 saturated carbocycles. The van der Waals surface area contributed by atoms with Crippen LogP contribution in [0.2, 0.25) is 0 Å². The van der Waals surface area contributed by atoms with Crippen LogP contribution in [0.25, 0.3) is 0 Å². The Labute approximate surface area is 108 Å². The van der Waals surface area contributed by atoms with Gasteiger partial charge >= 0.3 is 12.1 Å². The van der Waals surface area contributed by atoms with Crippen LogP contribution in [0.1, 0.15) is 47.0 Å². The maximum Gasteiger partial charge on any atom is 0.407 e. The predicted octanol–water partition coefficient (Wildman–Crippen LogP) is 2.40. The molecule has 5 nitrogen and oxygen atoms in total. The van der Waals surface area contributed by atoms with Gasteiger partial charge in [-0.25, -0.2) is 4.79 Å². The molecule has 5 heteroatoms. The fourth-order valence-corrected chi connectivity index (χ4v) is 2.28. The number of aliphatic carboxylic acids is 1. The highest BCUT2D eigenvalue weighted by atomic mass is 16.6. The maximum atomic E-state index is 11.6. The molecular formula is C13H23NO4. The standard InChI is InChI=1S/C13H23NO4/c1-8(11(15)16)9-5-6-10(7-9)14-12(17)18-13(2,3)4/h8-10H,5-7H2,1-4H3,(H,14,17)(H,15,16). The van der Waals surface area contributed by atoms with E-state index in [4.69, 9.17) is 9.84 Å². The number of rotatable bonds is 3. The van der Waals surface area contributed by atoms with E-state index in [2.05, 4.69) is 5.32 Å². The zero-order chi connectivity index (χ0) is 13.9. The number of hydrogen-bond acceptors (Lipinski definition) is 3. The summed E-state index contributed by atoms with van der Waals surface area (Å²) in [5, 5.41) is 11.8. The topological polar surface area (TPSA) is 75.6 Å². The Morgan fingerprint density at radius 3 is 2.44 bits per heavy atom. The molecule has 0 aliphatic heterocycles. The monoisotopic (exact) mass is 257 g/mol. The van der Waals surface area contributed by atoms with Gasteiger partial charge in [-0.3, -0.25) is 4.79 Å². The van der Waals surface area contributed by atoms with Crippen molar-refractivity contribution in [2.45, 2.75) is 58.6 Å². The van der Waals surface area contributed by atoms with Gasteiger partial charge in [0.05, 0.1) is 5.92 Å². The summed E-state index contributed by atoms with van der Waals surface area (Å²) in [4.78, 5) is 22.5. The van der Waals surface area contributed by atoms with Gasteiger partial charge in [-0.2, -0.15) is 0 Å². The second kappa shape index (κ2) is 5.59. The van der Waals surface area contributed by atoms with E-state index in [1.165, 1.54) is 0 Å². The number of amides is 1. The van der Waals surface area contributed by atoms with Crippen LogP contribution < -0.4 is 5.32 Å². The molecule has 18 heavy (non-hydrogen) atoms. The van der Waals surface area contributed by atoms with Crippen LogP contribution in [-0.4, -0.2) is 28.8 Å². The molecule has 0 aromatic rings. The zero-order valence-electron chi connectivity index (χ0n) is 11.5. The molecule has 0 aromatic carbocycles. The van der Waals surface area contributed by atoms with E-state index < -0.39 is 17.7 Å². The highest BCUT2D eigenvalue weighted by Crippen LogP contribution is 2.31. The van der Waals surface area contributed by atoms with Gasteiger partial charge in [0.15, 0.2) is 0 Å². The third-order valence-electron chi connectivity index (χ3n) is 3.29. The molecule has 1 amide bonds. The average molecular weight is 257 g/mol. The molecule has 0 saturated heterocycles. The molecular weight excluding hydrogens is 234 g/mol. The van der Waals surface area contributed by atoms with Crippen molar-refractivity contribution in [2.75, 3.05) is 0 Å². The summed E-state index contributed by atoms with van der Waals surface area (Å²) in [5.41, 5.74) is -0.504. The second-order valence-electron chi connectivity index (χ2n) is 6.04. The van der Waals surface area contributed by atoms with Crippen molar-refractivity contribution in [3.05, 3.63) is 0 Å². The smallest absolute Gasteiger partial charge is 0.407 e. The number of hydrogen-bond donors (Lipinski definition) is 2. The van der Waals surface area contributed by atoms with Gasteiger partial charge in [0, 0.05) is 6.04 Å². The number of carbonyl (C=O) groups is 2. The molecule has 0 bridgehead atoms. The van der Waals surface area contributed by atoms with Crippen LogP contribution in [-0.2, 0) is 9.53 Å². The van der Waals surface area contributed by atoms with Gasteiger partial charge in [0.1, 0.15) is 5.60 Å². The highest BCUT2D eigenvalue weighted by molar-refractivity contribution is 5.70. The third-order valence-corrected chi connectivity index (χ3v) is 3.29. The Kier molecular flexibility index (Phi) is 4.59. The summed E-state index contributed by atoms with van der Waals surface area (Å²) >= 11 is 0. The third kappa shape index (κ3) is 4.55. The summed E-state index contributed by atoms with van der Waals surface area (Å²) in [5.74, 6) is -0.976. The van der Waals surface area contributed by atoms with Crippen LogP contribution in [0.4, 0.5) is 4.79 Å². The minimum atomic E-state index is -0.766. The lowest BCUT2D eigenvalue weighted by Crippen LogP contribution is -2.38. The summed E-state index contributed by atoms with van der Waals surface area (Å²) in [6.07, 6.45) is 1.96. The Morgan fingerprint density at radius 2 is 1.94 bits per heavy atom. The number of carboxylic acid groups (broad SMARTS) is 1. The first-order chi connectivity index (χ1) is 8.19. The van der Waals surface area contributed by atoms with Crippen molar-refractivity contribution in [2.24, 2.45) is 11.8 Å². The Bertz CT molecular complexity index is 321. The minimum absolute atomic E-state index is 0.0339. The van der Waals surface area contributed by atoms with E-state index in [-0.39, 0.29) is 17.9 Å². The van der Waals surface area contributed by atoms with Crippen LogP contribution in [0.15, 0.2) is 0 Å². The van der Waals surface area contributed by atoms with Gasteiger partial charge in [0.2, 0.25) is 0 Å². The number of carboxylic acids is 1. The van der Waals surface area contributed by atoms with E-state index in [0.717, 1.165) is 12.8 Å². The number of alkyl carbamates (subject to hydrolysis) is 1. The Hall–Kier alpha value is -1.26. The molecule has 104 valence electrons. The van der Waals surface area contributed by atoms with E-state index in [9.17, 15) is 9.59 Å². The lowest BCUT2D eigenvalue weighted by Gasteiger charge is -2.22.